The highest BCUT2D eigenvalue weighted by Crippen LogP contribution is 2.53. The average molecular weight is 305 g/mol. The molecule has 1 spiro atoms. The molecule has 1 aliphatic carbocycles. The maximum atomic E-state index is 13.0. The summed E-state index contributed by atoms with van der Waals surface area (Å²) in [5, 5.41) is 0. The minimum Gasteiger partial charge on any atom is -0.465 e. The quantitative estimate of drug-likeness (QED) is 0.585. The molecule has 0 unspecified atom stereocenters. The number of amides is 1. The molecular weight excluding hydrogens is 282 g/mol. The van der Waals surface area contributed by atoms with E-state index in [1.165, 1.54) is 12.8 Å². The molecule has 1 saturated carbocycles. The summed E-state index contributed by atoms with van der Waals surface area (Å²) in [5.41, 5.74) is -0.583. The summed E-state index contributed by atoms with van der Waals surface area (Å²) in [6, 6.07) is 0.329. The minimum atomic E-state index is -0.583. The summed E-state index contributed by atoms with van der Waals surface area (Å²) in [6.45, 7) is 2.98. The number of ether oxygens (including phenoxy) is 2. The van der Waals surface area contributed by atoms with Gasteiger partial charge >= 0.3 is 5.97 Å². The second kappa shape index (κ2) is 5.08. The zero-order chi connectivity index (χ0) is 15.3. The van der Waals surface area contributed by atoms with Crippen LogP contribution in [0.5, 0.6) is 0 Å². The molecule has 5 heteroatoms. The van der Waals surface area contributed by atoms with E-state index in [0.717, 1.165) is 19.3 Å². The van der Waals surface area contributed by atoms with Gasteiger partial charge in [0.15, 0.2) is 0 Å². The van der Waals surface area contributed by atoms with Gasteiger partial charge < -0.3 is 14.4 Å². The van der Waals surface area contributed by atoms with Crippen molar-refractivity contribution in [1.29, 1.82) is 0 Å². The van der Waals surface area contributed by atoms with Crippen molar-refractivity contribution in [3.63, 3.8) is 0 Å². The van der Waals surface area contributed by atoms with Crippen LogP contribution in [0, 0.1) is 11.8 Å². The van der Waals surface area contributed by atoms with Crippen LogP contribution in [0.3, 0.4) is 0 Å². The maximum absolute atomic E-state index is 13.0. The summed E-state index contributed by atoms with van der Waals surface area (Å²) >= 11 is 0. The van der Waals surface area contributed by atoms with Crippen molar-refractivity contribution < 1.29 is 19.1 Å². The monoisotopic (exact) mass is 305 g/mol. The lowest BCUT2D eigenvalue weighted by molar-refractivity contribution is -0.154. The molecule has 5 nitrogen and oxygen atoms in total. The molecule has 0 aromatic heterocycles. The first kappa shape index (κ1) is 14.2. The molecule has 0 radical (unpaired) electrons. The molecule has 2 bridgehead atoms. The van der Waals surface area contributed by atoms with E-state index in [-0.39, 0.29) is 23.9 Å². The Kier molecular flexibility index (Phi) is 3.29. The van der Waals surface area contributed by atoms with E-state index in [1.54, 1.807) is 0 Å². The second-order valence-electron chi connectivity index (χ2n) is 6.97. The predicted molar refractivity (Wildman–Crippen MR) is 78.9 cm³/mol. The van der Waals surface area contributed by atoms with E-state index >= 15 is 0 Å². The van der Waals surface area contributed by atoms with Crippen molar-refractivity contribution in [3.05, 3.63) is 12.2 Å². The Balaban J connectivity index is 1.58. The fourth-order valence-corrected chi connectivity index (χ4v) is 4.62. The predicted octanol–water partition coefficient (Wildman–Crippen LogP) is 1.66. The van der Waals surface area contributed by atoms with Gasteiger partial charge in [-0.3, -0.25) is 9.59 Å². The molecule has 2 saturated heterocycles. The number of hydrogen-bond donors (Lipinski definition) is 0. The van der Waals surface area contributed by atoms with Crippen LogP contribution in [0.15, 0.2) is 12.2 Å². The zero-order valence-corrected chi connectivity index (χ0v) is 13.0. The van der Waals surface area contributed by atoms with Crippen molar-refractivity contribution in [3.8, 4) is 0 Å². The third kappa shape index (κ3) is 1.87. The van der Waals surface area contributed by atoms with Gasteiger partial charge in [-0.1, -0.05) is 31.9 Å². The summed E-state index contributed by atoms with van der Waals surface area (Å²) < 4.78 is 11.4. The summed E-state index contributed by atoms with van der Waals surface area (Å²) in [7, 11) is 0. The maximum Gasteiger partial charge on any atom is 0.312 e. The molecule has 22 heavy (non-hydrogen) atoms. The van der Waals surface area contributed by atoms with Crippen LogP contribution in [-0.2, 0) is 19.1 Å². The summed E-state index contributed by atoms with van der Waals surface area (Å²) in [4.78, 5) is 27.3. The van der Waals surface area contributed by atoms with E-state index in [1.807, 2.05) is 24.0 Å². The van der Waals surface area contributed by atoms with Crippen LogP contribution in [0.4, 0.5) is 0 Å². The standard InChI is InChI=1S/C17H23NO4/c1-2-9-21-16(20)13-12-7-8-17(22-12)10-18(15(19)14(13)17)11-5-3-4-6-11/h7-8,11-14H,2-6,9-10H2,1H3/t12-,13-,14+,17-/m1/s1. The summed E-state index contributed by atoms with van der Waals surface area (Å²) in [6.07, 6.45) is 8.99. The van der Waals surface area contributed by atoms with E-state index in [2.05, 4.69) is 0 Å². The van der Waals surface area contributed by atoms with E-state index in [4.69, 9.17) is 9.47 Å². The normalized spacial score (nSPS) is 39.8. The lowest BCUT2D eigenvalue weighted by atomic mass is 9.77. The molecule has 120 valence electrons. The molecule has 3 fully saturated rings. The van der Waals surface area contributed by atoms with Crippen molar-refractivity contribution >= 4 is 11.9 Å². The molecule has 4 rings (SSSR count). The van der Waals surface area contributed by atoms with Gasteiger partial charge in [-0.15, -0.1) is 0 Å². The smallest absolute Gasteiger partial charge is 0.312 e. The lowest BCUT2D eigenvalue weighted by Crippen LogP contribution is -2.41. The minimum absolute atomic E-state index is 0.0946. The third-order valence-corrected chi connectivity index (χ3v) is 5.62. The van der Waals surface area contributed by atoms with Gasteiger partial charge in [0.1, 0.15) is 11.5 Å². The Bertz CT molecular complexity index is 525. The average Bonchev–Trinajstić information content (AvgIpc) is 3.25. The number of nitrogens with zero attached hydrogens (tertiary/aromatic N) is 1. The number of carbonyl (C=O) groups excluding carboxylic acids is 2. The van der Waals surface area contributed by atoms with Gasteiger partial charge in [0, 0.05) is 6.04 Å². The van der Waals surface area contributed by atoms with E-state index < -0.39 is 11.5 Å². The van der Waals surface area contributed by atoms with Gasteiger partial charge in [0.25, 0.3) is 0 Å². The van der Waals surface area contributed by atoms with Crippen molar-refractivity contribution in [2.24, 2.45) is 11.8 Å². The molecule has 4 atom stereocenters. The van der Waals surface area contributed by atoms with Crippen LogP contribution < -0.4 is 0 Å². The first-order chi connectivity index (χ1) is 10.7. The van der Waals surface area contributed by atoms with E-state index in [0.29, 0.717) is 19.2 Å². The Morgan fingerprint density at radius 2 is 2.23 bits per heavy atom. The highest BCUT2D eigenvalue weighted by Gasteiger charge is 2.67. The van der Waals surface area contributed by atoms with Crippen LogP contribution in [0.25, 0.3) is 0 Å². The number of rotatable bonds is 4. The zero-order valence-electron chi connectivity index (χ0n) is 13.0. The Morgan fingerprint density at radius 3 is 2.95 bits per heavy atom. The van der Waals surface area contributed by atoms with Crippen LogP contribution in [-0.4, -0.2) is 47.7 Å². The van der Waals surface area contributed by atoms with Crippen LogP contribution >= 0.6 is 0 Å². The first-order valence-electron chi connectivity index (χ1n) is 8.50. The molecule has 4 aliphatic rings. The highest BCUT2D eigenvalue weighted by atomic mass is 16.6. The number of hydrogen-bond acceptors (Lipinski definition) is 4. The van der Waals surface area contributed by atoms with Crippen molar-refractivity contribution in [1.82, 2.24) is 4.90 Å². The molecule has 0 aromatic carbocycles. The Hall–Kier alpha value is -1.36. The molecule has 0 aromatic rings. The fraction of sp³-hybridized carbons (Fsp3) is 0.765. The van der Waals surface area contributed by atoms with E-state index in [9.17, 15) is 9.59 Å². The van der Waals surface area contributed by atoms with Crippen molar-refractivity contribution in [2.75, 3.05) is 13.2 Å². The topological polar surface area (TPSA) is 55.8 Å². The molecule has 0 N–H and O–H groups in total. The Labute approximate surface area is 130 Å². The fourth-order valence-electron chi connectivity index (χ4n) is 4.62. The number of fused-ring (bicyclic) bond motifs is 1. The largest absolute Gasteiger partial charge is 0.465 e. The number of carbonyl (C=O) groups is 2. The molecule has 1 amide bonds. The SMILES string of the molecule is CCCOC(=O)[C@H]1[C@H]2C(=O)N(C3CCCC3)C[C@]23C=C[C@H]1O3. The first-order valence-corrected chi connectivity index (χ1v) is 8.50. The van der Waals surface area contributed by atoms with Gasteiger partial charge in [-0.05, 0) is 19.3 Å². The van der Waals surface area contributed by atoms with Gasteiger partial charge in [-0.2, -0.15) is 0 Å². The van der Waals surface area contributed by atoms with Crippen LogP contribution in [0.2, 0.25) is 0 Å². The van der Waals surface area contributed by atoms with Gasteiger partial charge in [0.2, 0.25) is 5.91 Å². The lowest BCUT2D eigenvalue weighted by Gasteiger charge is -2.26. The molecule has 3 aliphatic heterocycles. The highest BCUT2D eigenvalue weighted by molar-refractivity contribution is 5.91. The molecule has 3 heterocycles. The van der Waals surface area contributed by atoms with Crippen molar-refractivity contribution in [2.45, 2.75) is 56.8 Å². The molecular formula is C17H23NO4. The Morgan fingerprint density at radius 1 is 1.45 bits per heavy atom. The van der Waals surface area contributed by atoms with Crippen LogP contribution in [0.1, 0.15) is 39.0 Å². The van der Waals surface area contributed by atoms with Gasteiger partial charge in [-0.25, -0.2) is 0 Å². The number of likely N-dealkylation sites (tertiary alicyclic amines) is 1. The third-order valence-electron chi connectivity index (χ3n) is 5.62. The van der Waals surface area contributed by atoms with Gasteiger partial charge in [0.05, 0.1) is 25.2 Å². The second-order valence-corrected chi connectivity index (χ2v) is 6.97. The summed E-state index contributed by atoms with van der Waals surface area (Å²) in [5.74, 6) is -1.02. The number of esters is 1.